The third-order valence-corrected chi connectivity index (χ3v) is 0.781. The van der Waals surface area contributed by atoms with E-state index >= 15 is 0 Å². The van der Waals surface area contributed by atoms with Crippen LogP contribution in [0.1, 0.15) is 19.3 Å². The molecule has 6 heteroatoms. The fourth-order valence-electron chi connectivity index (χ4n) is 0.391. The van der Waals surface area contributed by atoms with Gasteiger partial charge in [0.1, 0.15) is 0 Å². The van der Waals surface area contributed by atoms with Crippen LogP contribution in [0.15, 0.2) is 0 Å². The third kappa shape index (κ3) is 17.7. The van der Waals surface area contributed by atoms with Gasteiger partial charge in [-0.3, -0.25) is 9.59 Å². The molecule has 0 aromatic heterocycles. The van der Waals surface area contributed by atoms with Crippen molar-refractivity contribution < 1.29 is 19.8 Å². The number of carboxylic acid groups (broad SMARTS) is 2. The van der Waals surface area contributed by atoms with E-state index in [0.29, 0.717) is 0 Å². The summed E-state index contributed by atoms with van der Waals surface area (Å²) in [4.78, 5) is 19.6. The molecule has 0 aromatic rings. The molecule has 0 bridgehead atoms. The highest BCUT2D eigenvalue weighted by Gasteiger charge is 1.99. The van der Waals surface area contributed by atoms with E-state index in [2.05, 4.69) is 0 Å². The van der Waals surface area contributed by atoms with Gasteiger partial charge in [-0.15, -0.1) is 24.8 Å². The summed E-state index contributed by atoms with van der Waals surface area (Å²) in [5.74, 6) is -1.90. The van der Waals surface area contributed by atoms with Crippen molar-refractivity contribution in [2.24, 2.45) is 0 Å². The number of carbonyl (C=O) groups is 2. The van der Waals surface area contributed by atoms with Gasteiger partial charge in [0.15, 0.2) is 0 Å². The van der Waals surface area contributed by atoms with E-state index in [1.807, 2.05) is 0 Å². The first kappa shape index (κ1) is 16.9. The highest BCUT2D eigenvalue weighted by atomic mass is 35.5. The zero-order valence-electron chi connectivity index (χ0n) is 5.65. The molecule has 0 heterocycles. The minimum atomic E-state index is -0.948. The Labute approximate surface area is 76.4 Å². The minimum absolute atomic E-state index is 0. The van der Waals surface area contributed by atoms with E-state index in [-0.39, 0.29) is 44.1 Å². The van der Waals surface area contributed by atoms with Crippen molar-refractivity contribution in [1.82, 2.24) is 0 Å². The van der Waals surface area contributed by atoms with Crippen molar-refractivity contribution in [3.8, 4) is 0 Å². The van der Waals surface area contributed by atoms with Crippen LogP contribution in [0.2, 0.25) is 0 Å². The van der Waals surface area contributed by atoms with Crippen molar-refractivity contribution in [2.45, 2.75) is 19.3 Å². The summed E-state index contributed by atoms with van der Waals surface area (Å²) in [5.41, 5.74) is 0. The summed E-state index contributed by atoms with van der Waals surface area (Å²) < 4.78 is 0. The fraction of sp³-hybridized carbons (Fsp3) is 0.600. The molecule has 0 atom stereocenters. The van der Waals surface area contributed by atoms with Crippen molar-refractivity contribution in [3.05, 3.63) is 0 Å². The molecule has 0 unspecified atom stereocenters. The predicted molar refractivity (Wildman–Crippen MR) is 43.6 cm³/mol. The topological polar surface area (TPSA) is 74.6 Å². The lowest BCUT2D eigenvalue weighted by molar-refractivity contribution is -0.138. The average molecular weight is 205 g/mol. The first-order valence-electron chi connectivity index (χ1n) is 2.56. The maximum Gasteiger partial charge on any atom is 0.303 e. The van der Waals surface area contributed by atoms with Gasteiger partial charge < -0.3 is 10.2 Å². The SMILES string of the molecule is Cl.Cl.O=C(O)CCCC(=O)O. The normalized spacial score (nSPS) is 7.27. The van der Waals surface area contributed by atoms with Gasteiger partial charge in [0.05, 0.1) is 0 Å². The molecule has 11 heavy (non-hydrogen) atoms. The number of aliphatic carboxylic acids is 2. The molecule has 0 spiro atoms. The van der Waals surface area contributed by atoms with Gasteiger partial charge in [-0.2, -0.15) is 0 Å². The van der Waals surface area contributed by atoms with Crippen LogP contribution >= 0.6 is 24.8 Å². The third-order valence-electron chi connectivity index (χ3n) is 0.781. The number of hydrogen-bond acceptors (Lipinski definition) is 2. The lowest BCUT2D eigenvalue weighted by Crippen LogP contribution is -1.98. The van der Waals surface area contributed by atoms with E-state index < -0.39 is 11.9 Å². The van der Waals surface area contributed by atoms with E-state index in [4.69, 9.17) is 10.2 Å². The Morgan fingerprint density at radius 2 is 1.18 bits per heavy atom. The van der Waals surface area contributed by atoms with Crippen molar-refractivity contribution in [3.63, 3.8) is 0 Å². The maximum atomic E-state index is 9.79. The molecule has 0 aliphatic carbocycles. The van der Waals surface area contributed by atoms with E-state index in [9.17, 15) is 9.59 Å². The summed E-state index contributed by atoms with van der Waals surface area (Å²) in [5, 5.41) is 16.1. The van der Waals surface area contributed by atoms with Gasteiger partial charge >= 0.3 is 11.9 Å². The van der Waals surface area contributed by atoms with Crippen molar-refractivity contribution >= 4 is 36.8 Å². The molecule has 0 fully saturated rings. The summed E-state index contributed by atoms with van der Waals surface area (Å²) in [6, 6.07) is 0. The van der Waals surface area contributed by atoms with Crippen LogP contribution in [0, 0.1) is 0 Å². The molecule has 0 radical (unpaired) electrons. The molecular formula is C5H10Cl2O4. The van der Waals surface area contributed by atoms with Crippen molar-refractivity contribution in [2.75, 3.05) is 0 Å². The second-order valence-corrected chi connectivity index (χ2v) is 1.64. The Kier molecular flexibility index (Phi) is 14.6. The van der Waals surface area contributed by atoms with Crippen molar-refractivity contribution in [1.29, 1.82) is 0 Å². The van der Waals surface area contributed by atoms with Crippen LogP contribution < -0.4 is 0 Å². The van der Waals surface area contributed by atoms with Gasteiger partial charge in [-0.05, 0) is 6.42 Å². The second-order valence-electron chi connectivity index (χ2n) is 1.64. The van der Waals surface area contributed by atoms with Gasteiger partial charge in [0.2, 0.25) is 0 Å². The molecule has 4 nitrogen and oxygen atoms in total. The average Bonchev–Trinajstić information content (AvgIpc) is 1.63. The monoisotopic (exact) mass is 204 g/mol. The van der Waals surface area contributed by atoms with Crippen LogP contribution in [-0.4, -0.2) is 22.2 Å². The number of halogens is 2. The predicted octanol–water partition coefficient (Wildman–Crippen LogP) is 1.17. The molecule has 0 saturated carbocycles. The summed E-state index contributed by atoms with van der Waals surface area (Å²) in [7, 11) is 0. The van der Waals surface area contributed by atoms with Crippen LogP contribution in [-0.2, 0) is 9.59 Å². The van der Waals surface area contributed by atoms with Gasteiger partial charge in [-0.25, -0.2) is 0 Å². The first-order chi connectivity index (χ1) is 4.13. The fourth-order valence-corrected chi connectivity index (χ4v) is 0.391. The quantitative estimate of drug-likeness (QED) is 0.722. The van der Waals surface area contributed by atoms with Crippen LogP contribution in [0.3, 0.4) is 0 Å². The minimum Gasteiger partial charge on any atom is -0.481 e. The molecule has 0 aliphatic rings. The Bertz CT molecular complexity index is 112. The van der Waals surface area contributed by atoms with Gasteiger partial charge in [0, 0.05) is 12.8 Å². The second kappa shape index (κ2) is 9.52. The smallest absolute Gasteiger partial charge is 0.303 e. The molecule has 68 valence electrons. The Balaban J connectivity index is -0.000000320. The molecule has 0 aromatic carbocycles. The molecule has 0 amide bonds. The maximum absolute atomic E-state index is 9.79. The number of rotatable bonds is 4. The lowest BCUT2D eigenvalue weighted by Gasteiger charge is -1.89. The molecule has 0 rings (SSSR count). The van der Waals surface area contributed by atoms with Crippen LogP contribution in [0.5, 0.6) is 0 Å². The number of hydrogen-bond donors (Lipinski definition) is 2. The van der Waals surface area contributed by atoms with E-state index in [1.165, 1.54) is 0 Å². The summed E-state index contributed by atoms with van der Waals surface area (Å²) >= 11 is 0. The van der Waals surface area contributed by atoms with Gasteiger partial charge in [-0.1, -0.05) is 0 Å². The molecular weight excluding hydrogens is 195 g/mol. The highest BCUT2D eigenvalue weighted by molar-refractivity contribution is 5.85. The molecule has 2 N–H and O–H groups in total. The molecule has 0 aliphatic heterocycles. The lowest BCUT2D eigenvalue weighted by atomic mass is 10.2. The zero-order valence-corrected chi connectivity index (χ0v) is 7.28. The first-order valence-corrected chi connectivity index (χ1v) is 2.56. The van der Waals surface area contributed by atoms with Gasteiger partial charge in [0.25, 0.3) is 0 Å². The largest absolute Gasteiger partial charge is 0.481 e. The van der Waals surface area contributed by atoms with E-state index in [1.54, 1.807) is 0 Å². The van der Waals surface area contributed by atoms with E-state index in [0.717, 1.165) is 0 Å². The Morgan fingerprint density at radius 1 is 0.909 bits per heavy atom. The Hall–Kier alpha value is -0.480. The Morgan fingerprint density at radius 3 is 1.36 bits per heavy atom. The zero-order chi connectivity index (χ0) is 7.28. The highest BCUT2D eigenvalue weighted by Crippen LogP contribution is 1.93. The standard InChI is InChI=1S/C5H8O4.2ClH/c6-4(7)2-1-3-5(8)9;;/h1-3H2,(H,6,7)(H,8,9);2*1H. The van der Waals surface area contributed by atoms with Crippen LogP contribution in [0.25, 0.3) is 0 Å². The number of carboxylic acids is 2. The summed E-state index contributed by atoms with van der Waals surface area (Å²) in [6.45, 7) is 0. The van der Waals surface area contributed by atoms with Crippen LogP contribution in [0.4, 0.5) is 0 Å². The molecule has 0 saturated heterocycles. The summed E-state index contributed by atoms with van der Waals surface area (Å²) in [6.07, 6.45) is 0.0866.